The Bertz CT molecular complexity index is 792. The molecule has 0 aliphatic heterocycles. The van der Waals surface area contributed by atoms with E-state index in [9.17, 15) is 9.59 Å². The van der Waals surface area contributed by atoms with E-state index in [1.807, 2.05) is 43.3 Å². The molecule has 138 valence electrons. The summed E-state index contributed by atoms with van der Waals surface area (Å²) in [6, 6.07) is 12.4. The minimum absolute atomic E-state index is 0.129. The topological polar surface area (TPSA) is 52.7 Å². The van der Waals surface area contributed by atoms with Crippen LogP contribution in [-0.4, -0.2) is 32.5 Å². The number of nitrogens with one attached hydrogen (secondary N) is 1. The molecule has 0 saturated heterocycles. The molecule has 2 rings (SSSR count). The number of nitrogens with zero attached hydrogens (tertiary/aromatic N) is 2. The van der Waals surface area contributed by atoms with Gasteiger partial charge in [-0.3, -0.25) is 9.59 Å². The lowest BCUT2D eigenvalue weighted by Gasteiger charge is -2.22. The molecular weight excluding hydrogens is 373 g/mol. The average molecular weight is 394 g/mol. The number of anilines is 3. The quantitative estimate of drug-likeness (QED) is 0.788. The van der Waals surface area contributed by atoms with Gasteiger partial charge >= 0.3 is 0 Å². The molecule has 0 fully saturated rings. The van der Waals surface area contributed by atoms with Crippen LogP contribution in [0.15, 0.2) is 42.5 Å². The van der Waals surface area contributed by atoms with Crippen molar-refractivity contribution in [3.05, 3.63) is 52.5 Å². The normalized spacial score (nSPS) is 10.3. The fourth-order valence-corrected chi connectivity index (χ4v) is 2.76. The van der Waals surface area contributed by atoms with Crippen LogP contribution in [0, 0.1) is 0 Å². The zero-order valence-electron chi connectivity index (χ0n) is 14.9. The minimum Gasteiger partial charge on any atom is -0.378 e. The largest absolute Gasteiger partial charge is 0.378 e. The number of carbonyl (C=O) groups is 2. The second-order valence-electron chi connectivity index (χ2n) is 6.00. The minimum atomic E-state index is -0.245. The van der Waals surface area contributed by atoms with Crippen molar-refractivity contribution >= 4 is 52.1 Å². The van der Waals surface area contributed by atoms with Gasteiger partial charge in [0.1, 0.15) is 0 Å². The van der Waals surface area contributed by atoms with Crippen LogP contribution in [-0.2, 0) is 9.59 Å². The zero-order valence-corrected chi connectivity index (χ0v) is 16.4. The lowest BCUT2D eigenvalue weighted by molar-refractivity contribution is -0.117. The highest BCUT2D eigenvalue weighted by molar-refractivity contribution is 6.35. The van der Waals surface area contributed by atoms with Gasteiger partial charge in [0, 0.05) is 50.4 Å². The molecule has 5 nitrogen and oxygen atoms in total. The average Bonchev–Trinajstić information content (AvgIpc) is 2.58. The van der Waals surface area contributed by atoms with Crippen molar-refractivity contribution in [2.75, 3.05) is 35.8 Å². The molecule has 2 aromatic carbocycles. The molecular formula is C19H21Cl2N3O2. The molecule has 0 spiro atoms. The Kier molecular flexibility index (Phi) is 6.89. The van der Waals surface area contributed by atoms with Crippen molar-refractivity contribution in [2.45, 2.75) is 13.3 Å². The fraction of sp³-hybridized carbons (Fsp3) is 0.263. The van der Waals surface area contributed by atoms with Gasteiger partial charge in [-0.2, -0.15) is 0 Å². The number of halogens is 2. The highest BCUT2D eigenvalue weighted by Gasteiger charge is 2.14. The molecule has 0 saturated carbocycles. The predicted octanol–water partition coefficient (Wildman–Crippen LogP) is 4.44. The molecule has 0 aliphatic rings. The Labute approximate surface area is 163 Å². The molecule has 0 atom stereocenters. The summed E-state index contributed by atoms with van der Waals surface area (Å²) in [4.78, 5) is 27.7. The summed E-state index contributed by atoms with van der Waals surface area (Å²) in [6.07, 6.45) is 0.137. The number of hydrogen-bond acceptors (Lipinski definition) is 3. The van der Waals surface area contributed by atoms with E-state index >= 15 is 0 Å². The molecule has 0 bridgehead atoms. The third-order valence-electron chi connectivity index (χ3n) is 3.82. The number of rotatable bonds is 6. The van der Waals surface area contributed by atoms with Crippen LogP contribution in [0.25, 0.3) is 0 Å². The van der Waals surface area contributed by atoms with Gasteiger partial charge in [0.15, 0.2) is 0 Å². The second kappa shape index (κ2) is 8.92. The summed E-state index contributed by atoms with van der Waals surface area (Å²) in [5, 5.41) is 3.61. The second-order valence-corrected chi connectivity index (χ2v) is 6.85. The van der Waals surface area contributed by atoms with E-state index in [1.54, 1.807) is 23.1 Å². The van der Waals surface area contributed by atoms with Gasteiger partial charge in [0.25, 0.3) is 0 Å². The van der Waals surface area contributed by atoms with Crippen molar-refractivity contribution < 1.29 is 9.59 Å². The number of benzene rings is 2. The summed E-state index contributed by atoms with van der Waals surface area (Å²) in [6.45, 7) is 1.74. The van der Waals surface area contributed by atoms with Crippen molar-refractivity contribution in [2.24, 2.45) is 0 Å². The van der Waals surface area contributed by atoms with Crippen LogP contribution >= 0.6 is 23.2 Å². The van der Waals surface area contributed by atoms with Crippen LogP contribution in [0.4, 0.5) is 17.1 Å². The first-order valence-corrected chi connectivity index (χ1v) is 8.84. The van der Waals surface area contributed by atoms with E-state index in [4.69, 9.17) is 23.2 Å². The zero-order chi connectivity index (χ0) is 19.3. The first kappa shape index (κ1) is 20.1. The van der Waals surface area contributed by atoms with E-state index < -0.39 is 0 Å². The molecule has 2 amide bonds. The molecule has 0 aromatic heterocycles. The lowest BCUT2D eigenvalue weighted by Crippen LogP contribution is -2.32. The molecule has 1 N–H and O–H groups in total. The molecule has 2 aromatic rings. The van der Waals surface area contributed by atoms with Crippen LogP contribution in [0.3, 0.4) is 0 Å². The summed E-state index contributed by atoms with van der Waals surface area (Å²) in [7, 11) is 3.89. The molecule has 26 heavy (non-hydrogen) atoms. The van der Waals surface area contributed by atoms with Crippen LogP contribution in [0.2, 0.25) is 10.0 Å². The van der Waals surface area contributed by atoms with Crippen molar-refractivity contribution in [1.82, 2.24) is 0 Å². The maximum atomic E-state index is 12.2. The van der Waals surface area contributed by atoms with Crippen LogP contribution in [0.5, 0.6) is 0 Å². The summed E-state index contributed by atoms with van der Waals surface area (Å²) < 4.78 is 0. The van der Waals surface area contributed by atoms with E-state index in [2.05, 4.69) is 5.32 Å². The lowest BCUT2D eigenvalue weighted by atomic mass is 10.2. The van der Waals surface area contributed by atoms with Gasteiger partial charge < -0.3 is 15.1 Å². The summed E-state index contributed by atoms with van der Waals surface area (Å²) in [5.74, 6) is -0.374. The Morgan fingerprint density at radius 1 is 1.00 bits per heavy atom. The van der Waals surface area contributed by atoms with E-state index in [-0.39, 0.29) is 24.8 Å². The molecule has 7 heteroatoms. The predicted molar refractivity (Wildman–Crippen MR) is 109 cm³/mol. The van der Waals surface area contributed by atoms with E-state index in [0.29, 0.717) is 15.7 Å². The van der Waals surface area contributed by atoms with Gasteiger partial charge in [-0.15, -0.1) is 0 Å². The van der Waals surface area contributed by atoms with Gasteiger partial charge in [0.2, 0.25) is 11.8 Å². The fourth-order valence-electron chi connectivity index (χ4n) is 2.42. The van der Waals surface area contributed by atoms with Gasteiger partial charge in [0.05, 0.1) is 10.7 Å². The Hall–Kier alpha value is -2.24. The maximum absolute atomic E-state index is 12.2. The third kappa shape index (κ3) is 5.38. The highest BCUT2D eigenvalue weighted by Crippen LogP contribution is 2.25. The summed E-state index contributed by atoms with van der Waals surface area (Å²) in [5.41, 5.74) is 2.23. The first-order valence-electron chi connectivity index (χ1n) is 8.08. The van der Waals surface area contributed by atoms with E-state index in [0.717, 1.165) is 11.4 Å². The van der Waals surface area contributed by atoms with E-state index in [1.165, 1.54) is 6.92 Å². The van der Waals surface area contributed by atoms with Crippen molar-refractivity contribution in [3.8, 4) is 0 Å². The number of carbonyl (C=O) groups excluding carboxylic acids is 2. The molecule has 0 heterocycles. The molecule has 0 aliphatic carbocycles. The number of hydrogen-bond donors (Lipinski definition) is 1. The Morgan fingerprint density at radius 2 is 1.62 bits per heavy atom. The van der Waals surface area contributed by atoms with Crippen LogP contribution < -0.4 is 15.1 Å². The SMILES string of the molecule is CC(=O)N(CCC(=O)Nc1cc(Cl)ccc1Cl)c1ccc(N(C)C)cc1. The standard InChI is InChI=1S/C19H21Cl2N3O2/c1-13(25)24(16-7-5-15(6-8-16)23(2)3)11-10-19(26)22-18-12-14(20)4-9-17(18)21/h4-9,12H,10-11H2,1-3H3,(H,22,26). The van der Waals surface area contributed by atoms with Crippen molar-refractivity contribution in [1.29, 1.82) is 0 Å². The van der Waals surface area contributed by atoms with Gasteiger partial charge in [-0.25, -0.2) is 0 Å². The third-order valence-corrected chi connectivity index (χ3v) is 4.39. The van der Waals surface area contributed by atoms with Gasteiger partial charge in [-0.05, 0) is 42.5 Å². The maximum Gasteiger partial charge on any atom is 0.226 e. The summed E-state index contributed by atoms with van der Waals surface area (Å²) >= 11 is 12.0. The highest BCUT2D eigenvalue weighted by atomic mass is 35.5. The Balaban J connectivity index is 2.02. The Morgan fingerprint density at radius 3 is 2.19 bits per heavy atom. The van der Waals surface area contributed by atoms with Crippen molar-refractivity contribution in [3.63, 3.8) is 0 Å². The van der Waals surface area contributed by atoms with Gasteiger partial charge in [-0.1, -0.05) is 23.2 Å². The number of amides is 2. The smallest absolute Gasteiger partial charge is 0.226 e. The molecule has 0 unspecified atom stereocenters. The monoisotopic (exact) mass is 393 g/mol. The molecule has 0 radical (unpaired) electrons. The van der Waals surface area contributed by atoms with Crippen LogP contribution in [0.1, 0.15) is 13.3 Å². The first-order chi connectivity index (χ1) is 12.3.